The molecule has 2 N–H and O–H groups in total. The highest BCUT2D eigenvalue weighted by Crippen LogP contribution is 2.29. The Hall–Kier alpha value is -2.13. The maximum Gasteiger partial charge on any atom is 0.243 e. The minimum absolute atomic E-state index is 0. The van der Waals surface area contributed by atoms with Crippen LogP contribution in [0.4, 0.5) is 0 Å². The van der Waals surface area contributed by atoms with Crippen LogP contribution < -0.4 is 15.4 Å². The molecule has 0 bridgehead atoms. The maximum absolute atomic E-state index is 13.2. The van der Waals surface area contributed by atoms with Crippen LogP contribution in [-0.4, -0.2) is 57.4 Å². The summed E-state index contributed by atoms with van der Waals surface area (Å²) in [4.78, 5) is 5.14. The van der Waals surface area contributed by atoms with Gasteiger partial charge in [0.05, 0.1) is 24.1 Å². The molecule has 1 saturated heterocycles. The molecule has 1 spiro atoms. The molecule has 0 amide bonds. The molecule has 2 aliphatic rings. The molecule has 0 radical (unpaired) electrons. The fourth-order valence-electron chi connectivity index (χ4n) is 4.59. The number of benzene rings is 2. The van der Waals surface area contributed by atoms with Gasteiger partial charge in [0, 0.05) is 26.2 Å². The molecule has 186 valence electrons. The second-order valence-electron chi connectivity index (χ2n) is 9.07. The number of hydrogen-bond acceptors (Lipinski definition) is 6. The van der Waals surface area contributed by atoms with E-state index in [-0.39, 0.29) is 17.9 Å². The Balaban J connectivity index is 0.00000324. The second-order valence-corrected chi connectivity index (χ2v) is 11.0. The van der Waals surface area contributed by atoms with Crippen LogP contribution in [0, 0.1) is 0 Å². The van der Waals surface area contributed by atoms with Gasteiger partial charge in [0.25, 0.3) is 0 Å². The largest absolute Gasteiger partial charge is 0.497 e. The molecule has 0 aliphatic carbocycles. The van der Waals surface area contributed by atoms with Crippen LogP contribution in [0.2, 0.25) is 0 Å². The van der Waals surface area contributed by atoms with Gasteiger partial charge in [-0.15, -0.1) is 12.4 Å². The quantitative estimate of drug-likeness (QED) is 0.626. The summed E-state index contributed by atoms with van der Waals surface area (Å²) < 4.78 is 33.4. The zero-order valence-corrected chi connectivity index (χ0v) is 21.7. The highest BCUT2D eigenvalue weighted by Gasteiger charge is 2.43. The van der Waals surface area contributed by atoms with Crippen molar-refractivity contribution >= 4 is 28.3 Å². The van der Waals surface area contributed by atoms with Crippen molar-refractivity contribution in [3.63, 3.8) is 0 Å². The summed E-state index contributed by atoms with van der Waals surface area (Å²) in [5, 5.41) is 7.15. The normalized spacial score (nSPS) is 18.3. The number of rotatable bonds is 6. The van der Waals surface area contributed by atoms with Gasteiger partial charge in [-0.3, -0.25) is 4.99 Å². The van der Waals surface area contributed by atoms with Crippen molar-refractivity contribution in [3.8, 4) is 5.75 Å². The fourth-order valence-corrected chi connectivity index (χ4v) is 6.03. The fraction of sp³-hybridized carbons (Fsp3) is 0.480. The lowest BCUT2D eigenvalue weighted by atomic mass is 9.85. The summed E-state index contributed by atoms with van der Waals surface area (Å²) in [5.74, 6) is 2.12. The lowest BCUT2D eigenvalue weighted by Gasteiger charge is -2.44. The molecule has 0 atom stereocenters. The maximum atomic E-state index is 13.2. The first-order chi connectivity index (χ1) is 15.8. The summed E-state index contributed by atoms with van der Waals surface area (Å²) in [6.07, 6.45) is 1.36. The first-order valence-corrected chi connectivity index (χ1v) is 13.0. The van der Waals surface area contributed by atoms with Gasteiger partial charge in [-0.1, -0.05) is 38.1 Å². The van der Waals surface area contributed by atoms with Crippen LogP contribution >= 0.6 is 12.4 Å². The van der Waals surface area contributed by atoms with Crippen LogP contribution in [0.25, 0.3) is 0 Å². The van der Waals surface area contributed by atoms with Crippen molar-refractivity contribution in [2.45, 2.75) is 49.6 Å². The molecular weight excluding hydrogens is 472 g/mol. The first-order valence-electron chi connectivity index (χ1n) is 11.6. The Labute approximate surface area is 209 Å². The van der Waals surface area contributed by atoms with Crippen molar-refractivity contribution in [1.29, 1.82) is 0 Å². The van der Waals surface area contributed by atoms with Gasteiger partial charge < -0.3 is 15.4 Å². The molecule has 0 aromatic heterocycles. The lowest BCUT2D eigenvalue weighted by molar-refractivity contribution is 0.241. The Morgan fingerprint density at radius 1 is 1.15 bits per heavy atom. The molecule has 2 heterocycles. The third-order valence-corrected chi connectivity index (χ3v) is 8.57. The summed E-state index contributed by atoms with van der Waals surface area (Å²) in [7, 11) is -1.85. The predicted molar refractivity (Wildman–Crippen MR) is 139 cm³/mol. The van der Waals surface area contributed by atoms with Gasteiger partial charge in [0.15, 0.2) is 0 Å². The molecule has 0 unspecified atom stereocenters. The third kappa shape index (κ3) is 5.57. The highest BCUT2D eigenvalue weighted by molar-refractivity contribution is 7.89. The van der Waals surface area contributed by atoms with Gasteiger partial charge in [0.1, 0.15) is 11.6 Å². The predicted octanol–water partition coefficient (Wildman–Crippen LogP) is 3.56. The molecule has 2 aliphatic heterocycles. The Bertz CT molecular complexity index is 1100. The number of aliphatic imine (C=N–C) groups is 1. The van der Waals surface area contributed by atoms with Gasteiger partial charge >= 0.3 is 0 Å². The summed E-state index contributed by atoms with van der Waals surface area (Å²) in [6.45, 7) is 7.28. The summed E-state index contributed by atoms with van der Waals surface area (Å²) in [6, 6.07) is 15.3. The SMILES string of the molecule is COc1cccc(CNC2=NCCNC23CCN(S(=O)(=O)c2ccc(C(C)C)cc2)CC3)c1.Cl. The molecule has 2 aromatic carbocycles. The number of piperidine rings is 1. The third-order valence-electron chi connectivity index (χ3n) is 6.65. The molecule has 9 heteroatoms. The van der Waals surface area contributed by atoms with E-state index >= 15 is 0 Å². The van der Waals surface area contributed by atoms with Gasteiger partial charge in [0.2, 0.25) is 10.0 Å². The van der Waals surface area contributed by atoms with E-state index in [9.17, 15) is 8.42 Å². The smallest absolute Gasteiger partial charge is 0.243 e. The number of nitrogens with one attached hydrogen (secondary N) is 2. The van der Waals surface area contributed by atoms with Gasteiger partial charge in [-0.25, -0.2) is 8.42 Å². The van der Waals surface area contributed by atoms with Crippen LogP contribution in [0.1, 0.15) is 43.7 Å². The number of methoxy groups -OCH3 is 1. The number of sulfonamides is 1. The van der Waals surface area contributed by atoms with E-state index in [1.165, 1.54) is 0 Å². The van der Waals surface area contributed by atoms with Crippen LogP contribution in [0.5, 0.6) is 5.75 Å². The monoisotopic (exact) mass is 506 g/mol. The molecule has 34 heavy (non-hydrogen) atoms. The Morgan fingerprint density at radius 2 is 1.85 bits per heavy atom. The number of ether oxygens (including phenoxy) is 1. The minimum Gasteiger partial charge on any atom is -0.497 e. The zero-order valence-electron chi connectivity index (χ0n) is 20.1. The molecule has 4 rings (SSSR count). The van der Waals surface area contributed by atoms with E-state index in [1.54, 1.807) is 23.5 Å². The van der Waals surface area contributed by atoms with Crippen LogP contribution in [0.3, 0.4) is 0 Å². The van der Waals surface area contributed by atoms with E-state index < -0.39 is 10.0 Å². The van der Waals surface area contributed by atoms with Crippen molar-refractivity contribution < 1.29 is 13.2 Å². The second kappa shape index (κ2) is 11.1. The Morgan fingerprint density at radius 3 is 2.50 bits per heavy atom. The molecule has 7 nitrogen and oxygen atoms in total. The van der Waals surface area contributed by atoms with Crippen LogP contribution in [0.15, 0.2) is 58.4 Å². The molecule has 1 fully saturated rings. The minimum atomic E-state index is -3.51. The zero-order chi connectivity index (χ0) is 23.5. The van der Waals surface area contributed by atoms with E-state index in [0.717, 1.165) is 29.3 Å². The van der Waals surface area contributed by atoms with E-state index in [2.05, 4.69) is 30.5 Å². The lowest BCUT2D eigenvalue weighted by Crippen LogP contribution is -2.64. The Kier molecular flexibility index (Phi) is 8.62. The number of hydrogen-bond donors (Lipinski definition) is 2. The van der Waals surface area contributed by atoms with E-state index in [0.29, 0.717) is 49.8 Å². The number of halogens is 1. The van der Waals surface area contributed by atoms with Gasteiger partial charge in [-0.05, 0) is 54.2 Å². The van der Waals surface area contributed by atoms with Crippen molar-refractivity contribution in [2.24, 2.45) is 4.99 Å². The van der Waals surface area contributed by atoms with Gasteiger partial charge in [-0.2, -0.15) is 4.31 Å². The number of amidine groups is 1. The van der Waals surface area contributed by atoms with E-state index in [4.69, 9.17) is 9.73 Å². The van der Waals surface area contributed by atoms with Crippen molar-refractivity contribution in [3.05, 3.63) is 59.7 Å². The molecule has 2 aromatic rings. The molecule has 0 saturated carbocycles. The van der Waals surface area contributed by atoms with Crippen molar-refractivity contribution in [2.75, 3.05) is 33.3 Å². The number of nitrogens with zero attached hydrogens (tertiary/aromatic N) is 2. The topological polar surface area (TPSA) is 83.0 Å². The summed E-state index contributed by atoms with van der Waals surface area (Å²) >= 11 is 0. The first kappa shape index (κ1) is 26.5. The summed E-state index contributed by atoms with van der Waals surface area (Å²) in [5.41, 5.74) is 1.94. The molecular formula is C25H35ClN4O3S. The average Bonchev–Trinajstić information content (AvgIpc) is 2.84. The average molecular weight is 507 g/mol. The highest BCUT2D eigenvalue weighted by atomic mass is 35.5. The van der Waals surface area contributed by atoms with E-state index in [1.807, 2.05) is 30.3 Å². The standard InChI is InChI=1S/C25H34N4O3S.ClH/c1-19(2)21-7-9-23(10-8-21)33(30,31)29-15-11-25(12-16-29)24(26-13-14-28-25)27-18-20-5-4-6-22(17-20)32-3;/h4-10,17,19,28H,11-16,18H2,1-3H3,(H,26,27);1H. The van der Waals surface area contributed by atoms with Crippen molar-refractivity contribution in [1.82, 2.24) is 14.9 Å². The van der Waals surface area contributed by atoms with Crippen LogP contribution in [-0.2, 0) is 16.6 Å².